The Morgan fingerprint density at radius 3 is 2.45 bits per heavy atom. The molecule has 0 heterocycles. The highest BCUT2D eigenvalue weighted by molar-refractivity contribution is 6.30. The zero-order valence-corrected chi connectivity index (χ0v) is 14.0. The first-order chi connectivity index (χ1) is 10.2. The average molecular weight is 319 g/mol. The summed E-state index contributed by atoms with van der Waals surface area (Å²) >= 11 is 5.87. The van der Waals surface area contributed by atoms with Crippen molar-refractivity contribution in [3.8, 4) is 5.75 Å². The summed E-state index contributed by atoms with van der Waals surface area (Å²) in [6, 6.07) is 8.93. The second-order valence-corrected chi connectivity index (χ2v) is 6.82. The fourth-order valence-electron chi connectivity index (χ4n) is 2.17. The topological polar surface area (TPSA) is 72.6 Å². The summed E-state index contributed by atoms with van der Waals surface area (Å²) in [5.41, 5.74) is 9.24. The minimum absolute atomic E-state index is 0.167. The molecule has 2 aromatic carbocycles. The van der Waals surface area contributed by atoms with Crippen molar-refractivity contribution in [2.75, 3.05) is 5.73 Å². The van der Waals surface area contributed by atoms with Gasteiger partial charge in [0, 0.05) is 21.8 Å². The molecule has 0 atom stereocenters. The number of nitrogens with zero attached hydrogens (tertiary/aromatic N) is 1. The van der Waals surface area contributed by atoms with Crippen LogP contribution in [0.2, 0.25) is 5.02 Å². The van der Waals surface area contributed by atoms with Crippen molar-refractivity contribution in [1.29, 1.82) is 0 Å². The number of azo groups is 1. The van der Waals surface area contributed by atoms with Gasteiger partial charge >= 0.3 is 0 Å². The highest BCUT2D eigenvalue weighted by atomic mass is 35.5. The SMILES string of the molecule is Cc1cc(N=[NH+]c2ccc(Cl)cc2N)c(O)c(C(C)(C)C)c1. The maximum absolute atomic E-state index is 10.5. The summed E-state index contributed by atoms with van der Waals surface area (Å²) in [6.45, 7) is 8.13. The fraction of sp³-hybridized carbons (Fsp3) is 0.294. The van der Waals surface area contributed by atoms with Gasteiger partial charge in [-0.15, -0.1) is 0 Å². The molecule has 0 bridgehead atoms. The molecule has 0 spiro atoms. The first-order valence-electron chi connectivity index (χ1n) is 7.04. The van der Waals surface area contributed by atoms with Crippen molar-refractivity contribution in [3.05, 3.63) is 46.5 Å². The number of benzene rings is 2. The van der Waals surface area contributed by atoms with Gasteiger partial charge < -0.3 is 10.8 Å². The lowest BCUT2D eigenvalue weighted by molar-refractivity contribution is -0.432. The highest BCUT2D eigenvalue weighted by Gasteiger charge is 2.21. The average Bonchev–Trinajstić information content (AvgIpc) is 2.39. The van der Waals surface area contributed by atoms with Crippen molar-refractivity contribution < 1.29 is 10.2 Å². The van der Waals surface area contributed by atoms with Crippen molar-refractivity contribution in [2.45, 2.75) is 33.1 Å². The molecule has 0 amide bonds. The molecule has 116 valence electrons. The summed E-state index contributed by atoms with van der Waals surface area (Å²) in [7, 11) is 0. The number of phenols is 1. The third kappa shape index (κ3) is 3.57. The number of nitrogens with one attached hydrogen (secondary N) is 1. The number of rotatable bonds is 2. The van der Waals surface area contributed by atoms with Crippen LogP contribution in [0.3, 0.4) is 0 Å². The molecule has 4 N–H and O–H groups in total. The van der Waals surface area contributed by atoms with Gasteiger partial charge in [0.15, 0.2) is 11.4 Å². The van der Waals surface area contributed by atoms with Gasteiger partial charge in [-0.25, -0.2) is 0 Å². The summed E-state index contributed by atoms with van der Waals surface area (Å²) in [5, 5.41) is 18.2. The molecule has 0 radical (unpaired) electrons. The van der Waals surface area contributed by atoms with Gasteiger partial charge in [0.2, 0.25) is 0 Å². The molecule has 0 aliphatic rings. The van der Waals surface area contributed by atoms with Crippen molar-refractivity contribution >= 4 is 28.7 Å². The number of nitrogens with two attached hydrogens (primary N) is 1. The molecule has 0 unspecified atom stereocenters. The largest absolute Gasteiger partial charge is 0.505 e. The summed E-state index contributed by atoms with van der Waals surface area (Å²) in [4.78, 5) is 0. The molecule has 2 rings (SSSR count). The lowest BCUT2D eigenvalue weighted by Gasteiger charge is -2.21. The standard InChI is InChI=1S/C17H20ClN3O/c1-10-7-12(17(2,3)4)16(22)15(8-10)21-20-14-6-5-11(18)9-13(14)19/h5-9,22H,19H2,1-4H3/p+1. The monoisotopic (exact) mass is 318 g/mol. The van der Waals surface area contributed by atoms with E-state index in [1.54, 1.807) is 18.2 Å². The van der Waals surface area contributed by atoms with E-state index in [1.807, 2.05) is 19.1 Å². The number of hydrogen-bond acceptors (Lipinski definition) is 3. The zero-order valence-electron chi connectivity index (χ0n) is 13.2. The number of aryl methyl sites for hydroxylation is 1. The van der Waals surface area contributed by atoms with E-state index in [0.29, 0.717) is 22.1 Å². The van der Waals surface area contributed by atoms with Gasteiger partial charge in [-0.2, -0.15) is 0 Å². The number of aromatic hydroxyl groups is 1. The number of halogens is 1. The first-order valence-corrected chi connectivity index (χ1v) is 7.42. The van der Waals surface area contributed by atoms with Crippen LogP contribution in [-0.2, 0) is 5.41 Å². The van der Waals surface area contributed by atoms with Gasteiger partial charge in [0.1, 0.15) is 5.69 Å². The third-order valence-corrected chi connectivity index (χ3v) is 3.59. The highest BCUT2D eigenvalue weighted by Crippen LogP contribution is 2.38. The van der Waals surface area contributed by atoms with Gasteiger partial charge in [0.05, 0.1) is 0 Å². The van der Waals surface area contributed by atoms with Crippen LogP contribution in [-0.4, -0.2) is 5.11 Å². The molecule has 4 nitrogen and oxygen atoms in total. The van der Waals surface area contributed by atoms with Gasteiger partial charge in [0.25, 0.3) is 5.69 Å². The van der Waals surface area contributed by atoms with Crippen LogP contribution >= 0.6 is 11.6 Å². The Bertz CT molecular complexity index is 733. The molecular formula is C17H21ClN3O+. The quantitative estimate of drug-likeness (QED) is 0.583. The Hall–Kier alpha value is -2.07. The number of nitrogen functional groups attached to an aromatic ring is 1. The zero-order chi connectivity index (χ0) is 16.5. The smallest absolute Gasteiger partial charge is 0.252 e. The second kappa shape index (κ2) is 5.97. The van der Waals surface area contributed by atoms with Gasteiger partial charge in [-0.3, -0.25) is 0 Å². The van der Waals surface area contributed by atoms with Gasteiger partial charge in [-0.1, -0.05) is 43.6 Å². The van der Waals surface area contributed by atoms with E-state index in [4.69, 9.17) is 17.3 Å². The van der Waals surface area contributed by atoms with E-state index in [0.717, 1.165) is 11.1 Å². The van der Waals surface area contributed by atoms with Crippen LogP contribution < -0.4 is 10.8 Å². The van der Waals surface area contributed by atoms with Crippen LogP contribution in [0.4, 0.5) is 17.1 Å². The Morgan fingerprint density at radius 1 is 1.18 bits per heavy atom. The molecule has 0 fully saturated rings. The minimum Gasteiger partial charge on any atom is -0.505 e. The van der Waals surface area contributed by atoms with E-state index in [-0.39, 0.29) is 11.2 Å². The van der Waals surface area contributed by atoms with Crippen LogP contribution in [0.5, 0.6) is 5.75 Å². The lowest BCUT2D eigenvalue weighted by atomic mass is 9.85. The maximum Gasteiger partial charge on any atom is 0.252 e. The molecule has 0 aromatic heterocycles. The Kier molecular flexibility index (Phi) is 4.42. The summed E-state index contributed by atoms with van der Waals surface area (Å²) in [5.74, 6) is 0.179. The molecule has 5 heteroatoms. The number of anilines is 1. The number of phenolic OH excluding ortho intramolecular Hbond substituents is 1. The third-order valence-electron chi connectivity index (χ3n) is 3.35. The molecule has 0 saturated carbocycles. The van der Waals surface area contributed by atoms with Crippen LogP contribution in [0.15, 0.2) is 35.4 Å². The minimum atomic E-state index is -0.167. The lowest BCUT2D eigenvalue weighted by Crippen LogP contribution is -2.57. The molecular weight excluding hydrogens is 298 g/mol. The Morgan fingerprint density at radius 2 is 1.86 bits per heavy atom. The normalized spacial score (nSPS) is 12.0. The van der Waals surface area contributed by atoms with Crippen LogP contribution in [0.1, 0.15) is 31.9 Å². The van der Waals surface area contributed by atoms with E-state index in [2.05, 4.69) is 31.0 Å². The van der Waals surface area contributed by atoms with E-state index in [9.17, 15) is 5.11 Å². The maximum atomic E-state index is 10.5. The first kappa shape index (κ1) is 16.3. The van der Waals surface area contributed by atoms with Gasteiger partial charge in [-0.05, 0) is 36.1 Å². The van der Waals surface area contributed by atoms with Crippen LogP contribution in [0, 0.1) is 6.92 Å². The van der Waals surface area contributed by atoms with Crippen LogP contribution in [0.25, 0.3) is 0 Å². The predicted octanol–water partition coefficient (Wildman–Crippen LogP) is 3.73. The second-order valence-electron chi connectivity index (χ2n) is 6.39. The van der Waals surface area contributed by atoms with E-state index >= 15 is 0 Å². The Balaban J connectivity index is 2.45. The fourth-order valence-corrected chi connectivity index (χ4v) is 2.35. The van der Waals surface area contributed by atoms with E-state index < -0.39 is 0 Å². The molecule has 0 saturated heterocycles. The number of hydrogen-bond donors (Lipinski definition) is 3. The summed E-state index contributed by atoms with van der Waals surface area (Å²) in [6.07, 6.45) is 0. The summed E-state index contributed by atoms with van der Waals surface area (Å²) < 4.78 is 0. The Labute approximate surface area is 135 Å². The van der Waals surface area contributed by atoms with Crippen molar-refractivity contribution in [1.82, 2.24) is 0 Å². The van der Waals surface area contributed by atoms with Crippen molar-refractivity contribution in [2.24, 2.45) is 5.11 Å². The molecule has 0 aliphatic carbocycles. The molecule has 0 aliphatic heterocycles. The van der Waals surface area contributed by atoms with E-state index in [1.165, 1.54) is 0 Å². The van der Waals surface area contributed by atoms with Crippen molar-refractivity contribution in [3.63, 3.8) is 0 Å². The molecule has 22 heavy (non-hydrogen) atoms. The predicted molar refractivity (Wildman–Crippen MR) is 90.1 cm³/mol. The molecule has 2 aromatic rings.